The monoisotopic (exact) mass is 446 g/mol. The lowest BCUT2D eigenvalue weighted by atomic mass is 9.43. The van der Waals surface area contributed by atoms with Crippen molar-refractivity contribution >= 4 is 6.29 Å². The lowest BCUT2D eigenvalue weighted by molar-refractivity contribution is -0.300. The Morgan fingerprint density at radius 1 is 0.875 bits per heavy atom. The summed E-state index contributed by atoms with van der Waals surface area (Å²) in [5.41, 5.74) is 0.393. The lowest BCUT2D eigenvalue weighted by Gasteiger charge is -2.65. The van der Waals surface area contributed by atoms with E-state index in [1.807, 2.05) is 0 Å². The fourth-order valence-corrected chi connectivity index (χ4v) is 10.1. The van der Waals surface area contributed by atoms with Crippen LogP contribution in [0.25, 0.3) is 0 Å². The first kappa shape index (κ1) is 22.0. The maximum atomic E-state index is 11.7. The molecule has 6 rings (SSSR count). The maximum absolute atomic E-state index is 11.7. The molecule has 5 heteroatoms. The molecule has 6 fully saturated rings. The standard InChI is InChI=1S/C27H42O5/c1-16(15-28)18-6-7-19-17-13-27(29-10-11-30-27)23-12-21-22(32-24(2,3)31-21)14-26(23,5)20(17)8-9-25(18,19)4/h15-23H,6-14H2,1-5H3/t16-,17-,18+,19-,20-,21-,22+,23?,25+,26+/m0/s1. The second kappa shape index (κ2) is 7.02. The molecule has 0 bridgehead atoms. The van der Waals surface area contributed by atoms with E-state index in [2.05, 4.69) is 34.6 Å². The van der Waals surface area contributed by atoms with Crippen LogP contribution in [0.2, 0.25) is 0 Å². The minimum Gasteiger partial charge on any atom is -0.347 e. The fraction of sp³-hybridized carbons (Fsp3) is 0.963. The molecule has 4 aliphatic carbocycles. The molecule has 2 aliphatic heterocycles. The van der Waals surface area contributed by atoms with E-state index in [0.717, 1.165) is 19.3 Å². The number of hydrogen-bond donors (Lipinski definition) is 0. The zero-order chi connectivity index (χ0) is 22.5. The van der Waals surface area contributed by atoms with Gasteiger partial charge in [-0.1, -0.05) is 20.8 Å². The molecule has 5 nitrogen and oxygen atoms in total. The third-order valence-electron chi connectivity index (χ3n) is 11.2. The molecule has 0 N–H and O–H groups in total. The Balaban J connectivity index is 1.37. The number of carbonyl (C=O) groups excluding carboxylic acids is 1. The molecule has 6 aliphatic rings. The van der Waals surface area contributed by atoms with Crippen LogP contribution in [0.3, 0.4) is 0 Å². The third kappa shape index (κ3) is 2.86. The summed E-state index contributed by atoms with van der Waals surface area (Å²) in [5.74, 6) is 1.98. The number of aldehydes is 1. The fourth-order valence-electron chi connectivity index (χ4n) is 10.1. The van der Waals surface area contributed by atoms with Crippen LogP contribution >= 0.6 is 0 Å². The van der Waals surface area contributed by atoms with E-state index in [1.54, 1.807) is 0 Å². The summed E-state index contributed by atoms with van der Waals surface area (Å²) in [4.78, 5) is 11.7. The van der Waals surface area contributed by atoms with Gasteiger partial charge in [0, 0.05) is 18.3 Å². The van der Waals surface area contributed by atoms with Crippen LogP contribution in [-0.4, -0.2) is 43.3 Å². The molecule has 10 atom stereocenters. The van der Waals surface area contributed by atoms with E-state index in [0.29, 0.717) is 42.8 Å². The molecule has 1 unspecified atom stereocenters. The van der Waals surface area contributed by atoms with Crippen LogP contribution < -0.4 is 0 Å². The number of ether oxygens (including phenoxy) is 4. The summed E-state index contributed by atoms with van der Waals surface area (Å²) in [7, 11) is 0. The zero-order valence-electron chi connectivity index (χ0n) is 20.6. The van der Waals surface area contributed by atoms with Crippen molar-refractivity contribution in [2.45, 2.75) is 103 Å². The predicted molar refractivity (Wildman–Crippen MR) is 120 cm³/mol. The van der Waals surface area contributed by atoms with E-state index < -0.39 is 11.6 Å². The summed E-state index contributed by atoms with van der Waals surface area (Å²) in [6.45, 7) is 12.7. The highest BCUT2D eigenvalue weighted by molar-refractivity contribution is 5.53. The van der Waals surface area contributed by atoms with Crippen LogP contribution in [0.4, 0.5) is 0 Å². The number of hydrogen-bond acceptors (Lipinski definition) is 5. The predicted octanol–water partition coefficient (Wildman–Crippen LogP) is 4.96. The second-order valence-electron chi connectivity index (χ2n) is 13.0. The molecule has 0 amide bonds. The number of rotatable bonds is 2. The van der Waals surface area contributed by atoms with Gasteiger partial charge in [-0.2, -0.15) is 0 Å². The van der Waals surface area contributed by atoms with Gasteiger partial charge in [-0.3, -0.25) is 0 Å². The highest BCUT2D eigenvalue weighted by Gasteiger charge is 2.70. The highest BCUT2D eigenvalue weighted by Crippen LogP contribution is 2.71. The zero-order valence-corrected chi connectivity index (χ0v) is 20.6. The van der Waals surface area contributed by atoms with Crippen molar-refractivity contribution in [3.8, 4) is 0 Å². The van der Waals surface area contributed by atoms with Crippen LogP contribution in [0.15, 0.2) is 0 Å². The smallest absolute Gasteiger partial charge is 0.172 e. The molecule has 4 saturated carbocycles. The molecule has 0 radical (unpaired) electrons. The molecule has 0 aromatic heterocycles. The van der Waals surface area contributed by atoms with Gasteiger partial charge < -0.3 is 23.7 Å². The summed E-state index contributed by atoms with van der Waals surface area (Å²) < 4.78 is 25.9. The van der Waals surface area contributed by atoms with Gasteiger partial charge in [-0.05, 0) is 86.9 Å². The van der Waals surface area contributed by atoms with Crippen molar-refractivity contribution in [1.82, 2.24) is 0 Å². The van der Waals surface area contributed by atoms with Gasteiger partial charge in [-0.15, -0.1) is 0 Å². The van der Waals surface area contributed by atoms with E-state index in [-0.39, 0.29) is 29.0 Å². The first-order valence-electron chi connectivity index (χ1n) is 13.2. The van der Waals surface area contributed by atoms with Crippen molar-refractivity contribution < 1.29 is 23.7 Å². The number of fused-ring (bicyclic) bond motifs is 7. The van der Waals surface area contributed by atoms with Crippen LogP contribution in [0.5, 0.6) is 0 Å². The van der Waals surface area contributed by atoms with Gasteiger partial charge in [0.15, 0.2) is 11.6 Å². The molecular weight excluding hydrogens is 404 g/mol. The quantitative estimate of drug-likeness (QED) is 0.561. The molecule has 0 aromatic carbocycles. The van der Waals surface area contributed by atoms with E-state index in [1.165, 1.54) is 32.0 Å². The van der Waals surface area contributed by atoms with Crippen molar-refractivity contribution in [1.29, 1.82) is 0 Å². The highest BCUT2D eigenvalue weighted by atomic mass is 16.8. The Hall–Kier alpha value is -0.490. The first-order chi connectivity index (χ1) is 15.1. The van der Waals surface area contributed by atoms with Gasteiger partial charge in [-0.25, -0.2) is 0 Å². The van der Waals surface area contributed by atoms with Crippen LogP contribution in [-0.2, 0) is 23.7 Å². The molecule has 2 heterocycles. The maximum Gasteiger partial charge on any atom is 0.172 e. The van der Waals surface area contributed by atoms with Crippen molar-refractivity contribution in [3.63, 3.8) is 0 Å². The minimum absolute atomic E-state index is 0.133. The molecular formula is C27H42O5. The second-order valence-corrected chi connectivity index (χ2v) is 13.0. The molecule has 32 heavy (non-hydrogen) atoms. The van der Waals surface area contributed by atoms with Gasteiger partial charge in [0.05, 0.1) is 25.4 Å². The Labute approximate surface area is 193 Å². The van der Waals surface area contributed by atoms with Gasteiger partial charge in [0.1, 0.15) is 6.29 Å². The summed E-state index contributed by atoms with van der Waals surface area (Å²) in [6.07, 6.45) is 9.48. The third-order valence-corrected chi connectivity index (χ3v) is 11.2. The molecule has 180 valence electrons. The Bertz CT molecular complexity index is 774. The van der Waals surface area contributed by atoms with Crippen molar-refractivity contribution in [3.05, 3.63) is 0 Å². The first-order valence-corrected chi connectivity index (χ1v) is 13.2. The average Bonchev–Trinajstić information content (AvgIpc) is 3.40. The normalized spacial score (nSPS) is 53.8. The topological polar surface area (TPSA) is 54.0 Å². The summed E-state index contributed by atoms with van der Waals surface area (Å²) in [5, 5.41) is 0. The average molecular weight is 447 g/mol. The molecule has 2 saturated heterocycles. The molecule has 1 spiro atoms. The van der Waals surface area contributed by atoms with E-state index >= 15 is 0 Å². The lowest BCUT2D eigenvalue weighted by Crippen LogP contribution is -2.65. The van der Waals surface area contributed by atoms with E-state index in [4.69, 9.17) is 18.9 Å². The van der Waals surface area contributed by atoms with Crippen LogP contribution in [0.1, 0.15) is 79.6 Å². The van der Waals surface area contributed by atoms with Crippen molar-refractivity contribution in [2.75, 3.05) is 13.2 Å². The van der Waals surface area contributed by atoms with Gasteiger partial charge >= 0.3 is 0 Å². The summed E-state index contributed by atoms with van der Waals surface area (Å²) >= 11 is 0. The Morgan fingerprint density at radius 2 is 1.56 bits per heavy atom. The SMILES string of the molecule is C[C@@H](C=O)[C@H]1CC[C@H]2[C@@H]3CC4(OCCO4)C4C[C@@H]5OC(C)(C)O[C@@H]5C[C@]4(C)[C@H]3CC[C@]12C. The van der Waals surface area contributed by atoms with Gasteiger partial charge in [0.2, 0.25) is 0 Å². The molecule has 0 aromatic rings. The van der Waals surface area contributed by atoms with Gasteiger partial charge in [0.25, 0.3) is 0 Å². The van der Waals surface area contributed by atoms with Crippen molar-refractivity contribution in [2.24, 2.45) is 46.3 Å². The Morgan fingerprint density at radius 3 is 2.28 bits per heavy atom. The largest absolute Gasteiger partial charge is 0.347 e. The van der Waals surface area contributed by atoms with Crippen LogP contribution in [0, 0.1) is 46.3 Å². The summed E-state index contributed by atoms with van der Waals surface area (Å²) in [6, 6.07) is 0. The number of carbonyl (C=O) groups is 1. The Kier molecular flexibility index (Phi) is 4.83. The van der Waals surface area contributed by atoms with E-state index in [9.17, 15) is 4.79 Å². The minimum atomic E-state index is -0.502.